The summed E-state index contributed by atoms with van der Waals surface area (Å²) < 4.78 is 23.9. The van der Waals surface area contributed by atoms with E-state index in [-0.39, 0.29) is 36.3 Å². The lowest BCUT2D eigenvalue weighted by atomic mass is 10.1. The lowest BCUT2D eigenvalue weighted by Gasteiger charge is -2.31. The minimum absolute atomic E-state index is 0.0465. The number of halogens is 2. The lowest BCUT2D eigenvalue weighted by molar-refractivity contribution is -0.140. The van der Waals surface area contributed by atoms with Crippen molar-refractivity contribution in [2.24, 2.45) is 0 Å². The Kier molecular flexibility index (Phi) is 10.1. The Labute approximate surface area is 218 Å². The summed E-state index contributed by atoms with van der Waals surface area (Å²) in [6.07, 6.45) is 4.91. The molecule has 2 heterocycles. The summed E-state index contributed by atoms with van der Waals surface area (Å²) in [6.45, 7) is 1.19. The number of benzene rings is 1. The van der Waals surface area contributed by atoms with Crippen molar-refractivity contribution in [3.05, 3.63) is 65.3 Å². The van der Waals surface area contributed by atoms with Gasteiger partial charge in [0.25, 0.3) is 0 Å². The molecule has 12 heteroatoms. The summed E-state index contributed by atoms with van der Waals surface area (Å²) in [5, 5.41) is 5.43. The Morgan fingerprint density at radius 1 is 1.19 bits per heavy atom. The maximum absolute atomic E-state index is 13.8. The van der Waals surface area contributed by atoms with Gasteiger partial charge in [0.05, 0.1) is 18.2 Å². The zero-order valence-corrected chi connectivity index (χ0v) is 21.1. The molecule has 0 aliphatic carbocycles. The van der Waals surface area contributed by atoms with E-state index in [0.29, 0.717) is 18.4 Å². The monoisotopic (exact) mass is 531 g/mol. The van der Waals surface area contributed by atoms with E-state index in [2.05, 4.69) is 25.4 Å². The van der Waals surface area contributed by atoms with Crippen molar-refractivity contribution in [2.75, 3.05) is 19.0 Å². The molecular formula is C25H27ClFN5O5. The highest BCUT2D eigenvalue weighted by molar-refractivity contribution is 6.31. The van der Waals surface area contributed by atoms with Gasteiger partial charge in [0.15, 0.2) is 0 Å². The first-order valence-electron chi connectivity index (χ1n) is 11.4. The third-order valence-corrected chi connectivity index (χ3v) is 5.90. The largest absolute Gasteiger partial charge is 0.469 e. The number of anilines is 1. The molecule has 2 amide bonds. The molecule has 0 spiro atoms. The molecule has 0 radical (unpaired) electrons. The number of rotatable bonds is 11. The molecule has 2 aromatic heterocycles. The van der Waals surface area contributed by atoms with Gasteiger partial charge in [0.1, 0.15) is 18.2 Å². The molecule has 0 aliphatic rings. The SMILES string of the molecule is COC(=O)CCC[C@@H](COC(=O)Nc1cc2cnccc2cn1)N(NCc1cccc(F)c1Cl)C(C)=O. The molecule has 1 atom stereocenters. The maximum atomic E-state index is 13.8. The Hall–Kier alpha value is -3.83. The van der Waals surface area contributed by atoms with Gasteiger partial charge in [0, 0.05) is 49.3 Å². The van der Waals surface area contributed by atoms with Gasteiger partial charge < -0.3 is 9.47 Å². The first-order valence-corrected chi connectivity index (χ1v) is 11.8. The minimum atomic E-state index is -0.773. The smallest absolute Gasteiger partial charge is 0.412 e. The highest BCUT2D eigenvalue weighted by Crippen LogP contribution is 2.20. The van der Waals surface area contributed by atoms with Gasteiger partial charge in [-0.05, 0) is 36.6 Å². The van der Waals surface area contributed by atoms with E-state index < -0.39 is 23.9 Å². The van der Waals surface area contributed by atoms with Crippen LogP contribution in [0.3, 0.4) is 0 Å². The highest BCUT2D eigenvalue weighted by Gasteiger charge is 2.24. The Morgan fingerprint density at radius 3 is 2.76 bits per heavy atom. The predicted octanol–water partition coefficient (Wildman–Crippen LogP) is 4.24. The highest BCUT2D eigenvalue weighted by atomic mass is 35.5. The maximum Gasteiger partial charge on any atom is 0.412 e. The van der Waals surface area contributed by atoms with Crippen molar-refractivity contribution in [2.45, 2.75) is 38.8 Å². The molecule has 3 aromatic rings. The van der Waals surface area contributed by atoms with E-state index in [4.69, 9.17) is 16.3 Å². The first-order chi connectivity index (χ1) is 17.8. The standard InChI is InChI=1S/C25H27ClFN5O5/c1-16(33)32(30-14-18-5-3-7-21(27)24(18)26)20(6-4-8-23(34)36-2)15-37-25(35)31-22-11-19-12-28-10-9-17(19)13-29-22/h3,5,7,9-13,20,30H,4,6,8,14-15H2,1-2H3,(H,29,31,35)/t20-/m0/s1. The van der Waals surface area contributed by atoms with Crippen molar-refractivity contribution in [1.82, 2.24) is 20.4 Å². The van der Waals surface area contributed by atoms with Gasteiger partial charge in [-0.3, -0.25) is 24.9 Å². The van der Waals surface area contributed by atoms with Gasteiger partial charge in [-0.15, -0.1) is 0 Å². The number of hydrogen-bond acceptors (Lipinski definition) is 8. The number of ether oxygens (including phenoxy) is 2. The normalized spacial score (nSPS) is 11.6. The van der Waals surface area contributed by atoms with Crippen LogP contribution in [0.1, 0.15) is 31.7 Å². The number of carbonyl (C=O) groups is 3. The van der Waals surface area contributed by atoms with Crippen LogP contribution in [0.15, 0.2) is 48.9 Å². The second-order valence-corrected chi connectivity index (χ2v) is 8.45. The summed E-state index contributed by atoms with van der Waals surface area (Å²) in [6, 6.07) is 7.17. The van der Waals surface area contributed by atoms with Crippen molar-refractivity contribution < 1.29 is 28.2 Å². The zero-order chi connectivity index (χ0) is 26.8. The van der Waals surface area contributed by atoms with Gasteiger partial charge in [-0.1, -0.05) is 23.7 Å². The average molecular weight is 532 g/mol. The molecule has 1 aromatic carbocycles. The molecule has 0 unspecified atom stereocenters. The van der Waals surface area contributed by atoms with Crippen LogP contribution in [0, 0.1) is 5.82 Å². The van der Waals surface area contributed by atoms with Crippen molar-refractivity contribution >= 4 is 46.2 Å². The number of fused-ring (bicyclic) bond motifs is 1. The zero-order valence-electron chi connectivity index (χ0n) is 20.4. The fourth-order valence-electron chi connectivity index (χ4n) is 3.58. The van der Waals surface area contributed by atoms with Crippen LogP contribution < -0.4 is 10.7 Å². The number of hydrazine groups is 1. The number of carbonyl (C=O) groups excluding carboxylic acids is 3. The second-order valence-electron chi connectivity index (χ2n) is 8.07. The van der Waals surface area contributed by atoms with Gasteiger partial charge in [-0.2, -0.15) is 0 Å². The van der Waals surface area contributed by atoms with Crippen molar-refractivity contribution in [3.8, 4) is 0 Å². The summed E-state index contributed by atoms with van der Waals surface area (Å²) in [5.41, 5.74) is 3.38. The molecule has 0 saturated carbocycles. The molecule has 0 aliphatic heterocycles. The molecule has 196 valence electrons. The number of methoxy groups -OCH3 is 1. The van der Waals surface area contributed by atoms with Gasteiger partial charge in [0.2, 0.25) is 5.91 Å². The fourth-order valence-corrected chi connectivity index (χ4v) is 3.78. The van der Waals surface area contributed by atoms with E-state index in [1.54, 1.807) is 36.8 Å². The number of pyridine rings is 2. The predicted molar refractivity (Wildman–Crippen MR) is 135 cm³/mol. The van der Waals surface area contributed by atoms with Crippen LogP contribution in [0.2, 0.25) is 5.02 Å². The van der Waals surface area contributed by atoms with Crippen LogP contribution in [-0.2, 0) is 25.6 Å². The van der Waals surface area contributed by atoms with E-state index in [1.165, 1.54) is 31.2 Å². The van der Waals surface area contributed by atoms with Gasteiger partial charge >= 0.3 is 12.1 Å². The van der Waals surface area contributed by atoms with E-state index in [0.717, 1.165) is 10.8 Å². The quantitative estimate of drug-likeness (QED) is 0.278. The van der Waals surface area contributed by atoms with Gasteiger partial charge in [-0.25, -0.2) is 19.6 Å². The van der Waals surface area contributed by atoms with Crippen LogP contribution in [-0.4, -0.2) is 52.7 Å². The third-order valence-electron chi connectivity index (χ3n) is 5.48. The van der Waals surface area contributed by atoms with Crippen molar-refractivity contribution in [1.29, 1.82) is 0 Å². The Morgan fingerprint density at radius 2 is 2.00 bits per heavy atom. The van der Waals surface area contributed by atoms with Crippen LogP contribution in [0.5, 0.6) is 0 Å². The molecule has 0 bridgehead atoms. The molecule has 37 heavy (non-hydrogen) atoms. The molecule has 10 nitrogen and oxygen atoms in total. The summed E-state index contributed by atoms with van der Waals surface area (Å²) in [7, 11) is 1.29. The van der Waals surface area contributed by atoms with E-state index >= 15 is 0 Å². The number of amides is 2. The minimum Gasteiger partial charge on any atom is -0.469 e. The average Bonchev–Trinajstić information content (AvgIpc) is 2.88. The summed E-state index contributed by atoms with van der Waals surface area (Å²) in [4.78, 5) is 44.7. The number of nitrogens with zero attached hydrogens (tertiary/aromatic N) is 3. The second kappa shape index (κ2) is 13.5. The van der Waals surface area contributed by atoms with Crippen molar-refractivity contribution in [3.63, 3.8) is 0 Å². The number of nitrogens with one attached hydrogen (secondary N) is 2. The Bertz CT molecular complexity index is 1260. The van der Waals surface area contributed by atoms with Crippen LogP contribution in [0.25, 0.3) is 10.8 Å². The molecular weight excluding hydrogens is 505 g/mol. The summed E-state index contributed by atoms with van der Waals surface area (Å²) in [5.74, 6) is -1.08. The Balaban J connectivity index is 1.67. The number of esters is 1. The lowest BCUT2D eigenvalue weighted by Crippen LogP contribution is -2.50. The molecule has 2 N–H and O–H groups in total. The number of aromatic nitrogens is 2. The van der Waals surface area contributed by atoms with E-state index in [1.807, 2.05) is 0 Å². The fraction of sp³-hybridized carbons (Fsp3) is 0.320. The number of hydrogen-bond donors (Lipinski definition) is 2. The van der Waals surface area contributed by atoms with Crippen LogP contribution >= 0.6 is 11.6 Å². The third kappa shape index (κ3) is 8.09. The first kappa shape index (κ1) is 27.8. The molecule has 3 rings (SSSR count). The molecule has 0 fully saturated rings. The van der Waals surface area contributed by atoms with E-state index in [9.17, 15) is 18.8 Å². The molecule has 0 saturated heterocycles. The topological polar surface area (TPSA) is 123 Å². The van der Waals surface area contributed by atoms with Crippen LogP contribution in [0.4, 0.5) is 15.0 Å². The summed E-state index contributed by atoms with van der Waals surface area (Å²) >= 11 is 6.03.